The van der Waals surface area contributed by atoms with Gasteiger partial charge in [0.1, 0.15) is 5.82 Å². The van der Waals surface area contributed by atoms with Gasteiger partial charge in [-0.05, 0) is 36.4 Å². The van der Waals surface area contributed by atoms with Crippen LogP contribution in [0, 0.1) is 5.92 Å². The number of pyridine rings is 1. The smallest absolute Gasteiger partial charge is 0.228 e. The Morgan fingerprint density at radius 2 is 1.75 bits per heavy atom. The van der Waals surface area contributed by atoms with Gasteiger partial charge in [0.15, 0.2) is 0 Å². The molecule has 1 aromatic carbocycles. The van der Waals surface area contributed by atoms with E-state index < -0.39 is 0 Å². The second kappa shape index (κ2) is 6.39. The van der Waals surface area contributed by atoms with Gasteiger partial charge >= 0.3 is 0 Å². The number of rotatable bonds is 4. The van der Waals surface area contributed by atoms with Crippen LogP contribution in [0.4, 0.5) is 17.2 Å². The van der Waals surface area contributed by atoms with Gasteiger partial charge in [0.2, 0.25) is 5.91 Å². The summed E-state index contributed by atoms with van der Waals surface area (Å²) in [7, 11) is 0. The molecular formula is C15H16ClN3O. The summed E-state index contributed by atoms with van der Waals surface area (Å²) < 4.78 is 0. The maximum absolute atomic E-state index is 11.5. The average Bonchev–Trinajstić information content (AvgIpc) is 2.43. The highest BCUT2D eigenvalue weighted by molar-refractivity contribution is 6.30. The van der Waals surface area contributed by atoms with Crippen molar-refractivity contribution in [2.45, 2.75) is 13.8 Å². The molecule has 104 valence electrons. The Morgan fingerprint density at radius 3 is 2.30 bits per heavy atom. The molecule has 0 aliphatic carbocycles. The first kappa shape index (κ1) is 14.3. The summed E-state index contributed by atoms with van der Waals surface area (Å²) in [5.41, 5.74) is 1.77. The molecule has 2 aromatic rings. The standard InChI is InChI=1S/C15H16ClN3O/c1-10(2)15(20)19-14-8-7-13(9-17-14)18-12-5-3-11(16)4-6-12/h3-10,18H,1-2H3,(H,17,19,20). The lowest BCUT2D eigenvalue weighted by Crippen LogP contribution is -2.18. The van der Waals surface area contributed by atoms with E-state index in [1.165, 1.54) is 0 Å². The number of hydrogen-bond acceptors (Lipinski definition) is 3. The second-order valence-electron chi connectivity index (χ2n) is 4.71. The highest BCUT2D eigenvalue weighted by atomic mass is 35.5. The minimum atomic E-state index is -0.0660. The predicted octanol–water partition coefficient (Wildman–Crippen LogP) is 4.07. The van der Waals surface area contributed by atoms with Crippen molar-refractivity contribution >= 4 is 34.7 Å². The van der Waals surface area contributed by atoms with Crippen LogP contribution in [0.25, 0.3) is 0 Å². The molecule has 0 spiro atoms. The number of aromatic nitrogens is 1. The molecule has 1 amide bonds. The minimum Gasteiger partial charge on any atom is -0.354 e. The number of hydrogen-bond donors (Lipinski definition) is 2. The number of anilines is 3. The summed E-state index contributed by atoms with van der Waals surface area (Å²) in [6.45, 7) is 3.68. The predicted molar refractivity (Wildman–Crippen MR) is 82.4 cm³/mol. The van der Waals surface area contributed by atoms with Gasteiger partial charge in [-0.25, -0.2) is 4.98 Å². The molecule has 0 bridgehead atoms. The normalized spacial score (nSPS) is 10.4. The Hall–Kier alpha value is -2.07. The zero-order valence-electron chi connectivity index (χ0n) is 11.4. The van der Waals surface area contributed by atoms with Crippen LogP contribution in [0.1, 0.15) is 13.8 Å². The summed E-state index contributed by atoms with van der Waals surface area (Å²) in [6.07, 6.45) is 1.67. The van der Waals surface area contributed by atoms with Crippen molar-refractivity contribution in [2.75, 3.05) is 10.6 Å². The Kier molecular flexibility index (Phi) is 4.58. The van der Waals surface area contributed by atoms with E-state index in [4.69, 9.17) is 11.6 Å². The number of benzene rings is 1. The molecule has 0 aliphatic heterocycles. The summed E-state index contributed by atoms with van der Waals surface area (Å²) in [5.74, 6) is 0.435. The van der Waals surface area contributed by atoms with E-state index in [0.717, 1.165) is 11.4 Å². The molecule has 0 atom stereocenters. The molecule has 1 heterocycles. The molecule has 0 unspecified atom stereocenters. The maximum atomic E-state index is 11.5. The van der Waals surface area contributed by atoms with Crippen molar-refractivity contribution in [1.29, 1.82) is 0 Å². The fourth-order valence-corrected chi connectivity index (χ4v) is 1.64. The molecule has 2 rings (SSSR count). The molecule has 20 heavy (non-hydrogen) atoms. The summed E-state index contributed by atoms with van der Waals surface area (Å²) >= 11 is 5.83. The molecule has 0 fully saturated rings. The number of carbonyl (C=O) groups excluding carboxylic acids is 1. The second-order valence-corrected chi connectivity index (χ2v) is 5.14. The molecule has 1 aromatic heterocycles. The van der Waals surface area contributed by atoms with Gasteiger partial charge in [-0.3, -0.25) is 4.79 Å². The van der Waals surface area contributed by atoms with E-state index in [1.54, 1.807) is 12.3 Å². The highest BCUT2D eigenvalue weighted by Crippen LogP contribution is 2.19. The topological polar surface area (TPSA) is 54.0 Å². The van der Waals surface area contributed by atoms with Crippen LogP contribution in [-0.2, 0) is 4.79 Å². The first-order chi connectivity index (χ1) is 9.54. The van der Waals surface area contributed by atoms with Gasteiger partial charge in [-0.1, -0.05) is 25.4 Å². The van der Waals surface area contributed by atoms with E-state index in [0.29, 0.717) is 10.8 Å². The van der Waals surface area contributed by atoms with E-state index in [9.17, 15) is 4.79 Å². The zero-order chi connectivity index (χ0) is 14.5. The monoisotopic (exact) mass is 289 g/mol. The van der Waals surface area contributed by atoms with Crippen molar-refractivity contribution in [1.82, 2.24) is 4.98 Å². The number of amides is 1. The molecule has 0 aliphatic rings. The van der Waals surface area contributed by atoms with E-state index >= 15 is 0 Å². The Bertz CT molecular complexity index is 579. The minimum absolute atomic E-state index is 0.0455. The van der Waals surface area contributed by atoms with Gasteiger partial charge in [0, 0.05) is 16.6 Å². The number of nitrogens with one attached hydrogen (secondary N) is 2. The van der Waals surface area contributed by atoms with Crippen LogP contribution in [-0.4, -0.2) is 10.9 Å². The van der Waals surface area contributed by atoms with Crippen LogP contribution < -0.4 is 10.6 Å². The molecule has 2 N–H and O–H groups in total. The first-order valence-corrected chi connectivity index (χ1v) is 6.72. The van der Waals surface area contributed by atoms with Crippen LogP contribution in [0.15, 0.2) is 42.6 Å². The van der Waals surface area contributed by atoms with E-state index in [-0.39, 0.29) is 11.8 Å². The fraction of sp³-hybridized carbons (Fsp3) is 0.200. The van der Waals surface area contributed by atoms with Gasteiger partial charge in [0.05, 0.1) is 11.9 Å². The van der Waals surface area contributed by atoms with Crippen LogP contribution in [0.3, 0.4) is 0 Å². The Balaban J connectivity index is 2.01. The SMILES string of the molecule is CC(C)C(=O)Nc1ccc(Nc2ccc(Cl)cc2)cn1. The van der Waals surface area contributed by atoms with Crippen molar-refractivity contribution in [3.8, 4) is 0 Å². The molecular weight excluding hydrogens is 274 g/mol. The molecule has 4 nitrogen and oxygen atoms in total. The van der Waals surface area contributed by atoms with Gasteiger partial charge in [-0.2, -0.15) is 0 Å². The largest absolute Gasteiger partial charge is 0.354 e. The van der Waals surface area contributed by atoms with Crippen molar-refractivity contribution in [3.05, 3.63) is 47.6 Å². The van der Waals surface area contributed by atoms with Crippen LogP contribution >= 0.6 is 11.6 Å². The molecule has 0 saturated carbocycles. The summed E-state index contributed by atoms with van der Waals surface area (Å²) in [5, 5.41) is 6.64. The number of carbonyl (C=O) groups is 1. The van der Waals surface area contributed by atoms with Crippen LogP contribution in [0.2, 0.25) is 5.02 Å². The highest BCUT2D eigenvalue weighted by Gasteiger charge is 2.07. The lowest BCUT2D eigenvalue weighted by molar-refractivity contribution is -0.118. The van der Waals surface area contributed by atoms with Gasteiger partial charge < -0.3 is 10.6 Å². The Morgan fingerprint density at radius 1 is 1.10 bits per heavy atom. The molecule has 5 heteroatoms. The summed E-state index contributed by atoms with van der Waals surface area (Å²) in [4.78, 5) is 15.7. The fourth-order valence-electron chi connectivity index (χ4n) is 1.51. The van der Waals surface area contributed by atoms with Gasteiger partial charge in [0.25, 0.3) is 0 Å². The van der Waals surface area contributed by atoms with Crippen molar-refractivity contribution in [2.24, 2.45) is 5.92 Å². The molecule has 0 saturated heterocycles. The first-order valence-electron chi connectivity index (χ1n) is 6.34. The number of nitrogens with zero attached hydrogens (tertiary/aromatic N) is 1. The third-order valence-corrected chi connectivity index (χ3v) is 2.92. The summed E-state index contributed by atoms with van der Waals surface area (Å²) in [6, 6.07) is 11.0. The van der Waals surface area contributed by atoms with E-state index in [2.05, 4.69) is 15.6 Å². The maximum Gasteiger partial charge on any atom is 0.228 e. The third-order valence-electron chi connectivity index (χ3n) is 2.67. The van der Waals surface area contributed by atoms with Crippen molar-refractivity contribution < 1.29 is 4.79 Å². The van der Waals surface area contributed by atoms with Crippen LogP contribution in [0.5, 0.6) is 0 Å². The third kappa shape index (κ3) is 3.96. The Labute approximate surface area is 123 Å². The van der Waals surface area contributed by atoms with Crippen molar-refractivity contribution in [3.63, 3.8) is 0 Å². The van der Waals surface area contributed by atoms with E-state index in [1.807, 2.05) is 44.2 Å². The average molecular weight is 290 g/mol. The number of halogens is 1. The lowest BCUT2D eigenvalue weighted by atomic mass is 10.2. The molecule has 0 radical (unpaired) electrons. The lowest BCUT2D eigenvalue weighted by Gasteiger charge is -2.09. The van der Waals surface area contributed by atoms with Gasteiger partial charge in [-0.15, -0.1) is 0 Å². The quantitative estimate of drug-likeness (QED) is 0.892. The zero-order valence-corrected chi connectivity index (χ0v) is 12.1.